The Balaban J connectivity index is 2.64. The summed E-state index contributed by atoms with van der Waals surface area (Å²) < 4.78 is 11.2. The summed E-state index contributed by atoms with van der Waals surface area (Å²) in [6, 6.07) is 2.82. The van der Waals surface area contributed by atoms with Crippen LogP contribution in [-0.2, 0) is 9.53 Å². The van der Waals surface area contributed by atoms with Crippen molar-refractivity contribution in [2.45, 2.75) is 19.8 Å². The first-order valence-corrected chi connectivity index (χ1v) is 7.55. The Hall–Kier alpha value is -1.08. The molecule has 7 heteroatoms. The maximum absolute atomic E-state index is 11.4. The number of aromatic carboxylic acids is 1. The van der Waals surface area contributed by atoms with Gasteiger partial charge in [0, 0.05) is 0 Å². The molecule has 1 rings (SSSR count). The molecular weight excluding hydrogens is 396 g/mol. The van der Waals surface area contributed by atoms with Gasteiger partial charge in [-0.25, -0.2) is 9.59 Å². The van der Waals surface area contributed by atoms with Gasteiger partial charge in [0.05, 0.1) is 21.1 Å². The third-order valence-corrected chi connectivity index (χ3v) is 3.52. The number of esters is 1. The molecule has 0 unspecified atom stereocenters. The molecule has 5 nitrogen and oxygen atoms in total. The van der Waals surface area contributed by atoms with Crippen molar-refractivity contribution in [3.8, 4) is 5.75 Å². The highest BCUT2D eigenvalue weighted by Crippen LogP contribution is 2.34. The van der Waals surface area contributed by atoms with Gasteiger partial charge in [-0.2, -0.15) is 0 Å². The molecule has 0 bridgehead atoms. The number of carbonyl (C=O) groups is 2. The summed E-state index contributed by atoms with van der Waals surface area (Å²) in [5.74, 6) is -1.14. The predicted molar refractivity (Wildman–Crippen MR) is 80.2 cm³/mol. The SMILES string of the molecule is CCCCOC(=O)COc1c(Br)cc(C(=O)O)cc1Br. The van der Waals surface area contributed by atoms with Gasteiger partial charge in [0.25, 0.3) is 0 Å². The Labute approximate surface area is 133 Å². The lowest BCUT2D eigenvalue weighted by molar-refractivity contribution is -0.146. The topological polar surface area (TPSA) is 72.8 Å². The minimum absolute atomic E-state index is 0.113. The number of ether oxygens (including phenoxy) is 2. The van der Waals surface area contributed by atoms with Crippen LogP contribution in [0.2, 0.25) is 0 Å². The van der Waals surface area contributed by atoms with Crippen LogP contribution in [0.1, 0.15) is 30.1 Å². The Morgan fingerprint density at radius 3 is 2.35 bits per heavy atom. The molecule has 1 aromatic rings. The molecule has 0 fully saturated rings. The van der Waals surface area contributed by atoms with Crippen molar-refractivity contribution in [1.29, 1.82) is 0 Å². The van der Waals surface area contributed by atoms with Crippen molar-refractivity contribution in [2.75, 3.05) is 13.2 Å². The molecule has 1 aromatic carbocycles. The Morgan fingerprint density at radius 2 is 1.85 bits per heavy atom. The fourth-order valence-electron chi connectivity index (χ4n) is 1.32. The Kier molecular flexibility index (Phi) is 7.01. The van der Waals surface area contributed by atoms with E-state index in [1.807, 2.05) is 6.92 Å². The third-order valence-electron chi connectivity index (χ3n) is 2.34. The van der Waals surface area contributed by atoms with Crippen LogP contribution in [0.4, 0.5) is 0 Å². The molecule has 0 radical (unpaired) electrons. The van der Waals surface area contributed by atoms with Gasteiger partial charge in [-0.15, -0.1) is 0 Å². The van der Waals surface area contributed by atoms with Gasteiger partial charge in [-0.1, -0.05) is 13.3 Å². The van der Waals surface area contributed by atoms with Crippen molar-refractivity contribution < 1.29 is 24.2 Å². The highest BCUT2D eigenvalue weighted by molar-refractivity contribution is 9.11. The number of rotatable bonds is 7. The van der Waals surface area contributed by atoms with Crippen LogP contribution in [0.25, 0.3) is 0 Å². The van der Waals surface area contributed by atoms with Gasteiger partial charge in [-0.3, -0.25) is 0 Å². The van der Waals surface area contributed by atoms with E-state index < -0.39 is 11.9 Å². The van der Waals surface area contributed by atoms with Gasteiger partial charge < -0.3 is 14.6 Å². The van der Waals surface area contributed by atoms with Crippen LogP contribution in [-0.4, -0.2) is 30.3 Å². The van der Waals surface area contributed by atoms with Crippen LogP contribution >= 0.6 is 31.9 Å². The molecule has 0 amide bonds. The van der Waals surface area contributed by atoms with E-state index in [0.29, 0.717) is 21.3 Å². The first-order valence-electron chi connectivity index (χ1n) is 5.96. The molecule has 0 aliphatic carbocycles. The predicted octanol–water partition coefficient (Wildman–Crippen LogP) is 3.63. The second-order valence-corrected chi connectivity index (χ2v) is 5.65. The maximum atomic E-state index is 11.4. The number of carbonyl (C=O) groups excluding carboxylic acids is 1. The van der Waals surface area contributed by atoms with Crippen LogP contribution in [0, 0.1) is 0 Å². The fraction of sp³-hybridized carbons (Fsp3) is 0.385. The molecule has 20 heavy (non-hydrogen) atoms. The number of halogens is 2. The quantitative estimate of drug-likeness (QED) is 0.549. The lowest BCUT2D eigenvalue weighted by Gasteiger charge is -2.11. The standard InChI is InChI=1S/C13H14Br2O5/c1-2-3-4-19-11(16)7-20-12-9(14)5-8(13(17)18)6-10(12)15/h5-6H,2-4,7H2,1H3,(H,17,18). The van der Waals surface area contributed by atoms with Crippen molar-refractivity contribution in [3.63, 3.8) is 0 Å². The zero-order valence-electron chi connectivity index (χ0n) is 10.8. The molecule has 1 N–H and O–H groups in total. The summed E-state index contributed by atoms with van der Waals surface area (Å²) in [6.45, 7) is 2.15. The summed E-state index contributed by atoms with van der Waals surface area (Å²) in [7, 11) is 0. The molecule has 0 spiro atoms. The Morgan fingerprint density at radius 1 is 1.25 bits per heavy atom. The smallest absolute Gasteiger partial charge is 0.344 e. The summed E-state index contributed by atoms with van der Waals surface area (Å²) in [4.78, 5) is 22.3. The number of hydrogen-bond donors (Lipinski definition) is 1. The molecule has 0 heterocycles. The zero-order chi connectivity index (χ0) is 15.1. The number of benzene rings is 1. The van der Waals surface area contributed by atoms with Gasteiger partial charge in [0.15, 0.2) is 6.61 Å². The highest BCUT2D eigenvalue weighted by atomic mass is 79.9. The normalized spacial score (nSPS) is 10.2. The second kappa shape index (κ2) is 8.26. The lowest BCUT2D eigenvalue weighted by Crippen LogP contribution is -2.16. The summed E-state index contributed by atoms with van der Waals surface area (Å²) in [6.07, 6.45) is 1.76. The van der Waals surface area contributed by atoms with Crippen LogP contribution < -0.4 is 4.74 Å². The minimum atomic E-state index is -1.04. The van der Waals surface area contributed by atoms with Gasteiger partial charge >= 0.3 is 11.9 Å². The summed E-state index contributed by atoms with van der Waals surface area (Å²) in [5.41, 5.74) is 0.113. The van der Waals surface area contributed by atoms with Crippen LogP contribution in [0.3, 0.4) is 0 Å². The Bertz CT molecular complexity index is 479. The molecule has 110 valence electrons. The van der Waals surface area contributed by atoms with Gasteiger partial charge in [0.1, 0.15) is 5.75 Å². The van der Waals surface area contributed by atoms with E-state index >= 15 is 0 Å². The third kappa shape index (κ3) is 5.13. The van der Waals surface area contributed by atoms with Crippen molar-refractivity contribution in [1.82, 2.24) is 0 Å². The van der Waals surface area contributed by atoms with Crippen molar-refractivity contribution in [2.24, 2.45) is 0 Å². The lowest BCUT2D eigenvalue weighted by atomic mass is 10.2. The minimum Gasteiger partial charge on any atom is -0.480 e. The van der Waals surface area contributed by atoms with E-state index in [9.17, 15) is 9.59 Å². The largest absolute Gasteiger partial charge is 0.480 e. The summed E-state index contributed by atoms with van der Waals surface area (Å²) >= 11 is 6.42. The molecule has 0 saturated carbocycles. The molecule has 0 saturated heterocycles. The summed E-state index contributed by atoms with van der Waals surface area (Å²) in [5, 5.41) is 8.91. The zero-order valence-corrected chi connectivity index (χ0v) is 14.0. The average molecular weight is 410 g/mol. The van der Waals surface area contributed by atoms with E-state index in [-0.39, 0.29) is 12.2 Å². The first-order chi connectivity index (χ1) is 9.45. The number of unbranched alkanes of at least 4 members (excludes halogenated alkanes) is 1. The highest BCUT2D eigenvalue weighted by Gasteiger charge is 2.14. The van der Waals surface area contributed by atoms with Gasteiger partial charge in [-0.05, 0) is 50.4 Å². The van der Waals surface area contributed by atoms with Crippen LogP contribution in [0.15, 0.2) is 21.1 Å². The average Bonchev–Trinajstić information content (AvgIpc) is 2.37. The maximum Gasteiger partial charge on any atom is 0.344 e. The molecular formula is C13H14Br2O5. The van der Waals surface area contributed by atoms with E-state index in [4.69, 9.17) is 14.6 Å². The first kappa shape index (κ1) is 17.0. The number of carboxylic acid groups (broad SMARTS) is 1. The number of hydrogen-bond acceptors (Lipinski definition) is 4. The monoisotopic (exact) mass is 408 g/mol. The fourth-order valence-corrected chi connectivity index (χ4v) is 2.74. The molecule has 0 aliphatic rings. The van der Waals surface area contributed by atoms with E-state index in [1.165, 1.54) is 12.1 Å². The molecule has 0 aromatic heterocycles. The van der Waals surface area contributed by atoms with E-state index in [2.05, 4.69) is 31.9 Å². The van der Waals surface area contributed by atoms with Crippen LogP contribution in [0.5, 0.6) is 5.75 Å². The van der Waals surface area contributed by atoms with E-state index in [1.54, 1.807) is 0 Å². The van der Waals surface area contributed by atoms with E-state index in [0.717, 1.165) is 12.8 Å². The molecule has 0 atom stereocenters. The number of carboxylic acids is 1. The molecule has 0 aliphatic heterocycles. The second-order valence-electron chi connectivity index (χ2n) is 3.94. The van der Waals surface area contributed by atoms with Crippen molar-refractivity contribution >= 4 is 43.8 Å². The van der Waals surface area contributed by atoms with Gasteiger partial charge in [0.2, 0.25) is 0 Å². The van der Waals surface area contributed by atoms with Crippen molar-refractivity contribution in [3.05, 3.63) is 26.6 Å².